The van der Waals surface area contributed by atoms with Gasteiger partial charge in [0.05, 0.1) is 13.1 Å². The van der Waals surface area contributed by atoms with E-state index in [1.54, 1.807) is 4.90 Å². The number of carboxylic acids is 1. The molecule has 168 valence electrons. The topological polar surface area (TPSA) is 121 Å². The van der Waals surface area contributed by atoms with E-state index >= 15 is 0 Å². The van der Waals surface area contributed by atoms with Gasteiger partial charge in [-0.3, -0.25) is 19.4 Å². The number of hydrogen-bond acceptors (Lipinski definition) is 9. The number of carbonyl (C=O) groups excluding carboxylic acids is 1. The molecule has 0 aromatic heterocycles. The lowest BCUT2D eigenvalue weighted by molar-refractivity contribution is -0.224. The molecule has 4 N–H and O–H groups in total. The first-order chi connectivity index (χ1) is 13.8. The summed E-state index contributed by atoms with van der Waals surface area (Å²) in [5.74, 6) is -0.807. The standard InChI is InChI=1S/C18H36N6O5/c1-16(29-28)24-12-10-22(14-17(25)20-5-4-19-2)8-6-21(3)7-9-23(11-13-24)15-18(26)27/h19,28H,1,4-15H2,2-3H3,(H,20,25)(H,26,27). The molecule has 0 atom stereocenters. The number of nitrogens with zero attached hydrogens (tertiary/aromatic N) is 4. The second-order valence-corrected chi connectivity index (χ2v) is 7.17. The number of carbonyl (C=O) groups is 2. The van der Waals surface area contributed by atoms with Crippen LogP contribution < -0.4 is 10.6 Å². The van der Waals surface area contributed by atoms with Crippen molar-refractivity contribution in [2.75, 3.05) is 92.6 Å². The second-order valence-electron chi connectivity index (χ2n) is 7.17. The van der Waals surface area contributed by atoms with Gasteiger partial charge in [-0.15, -0.1) is 0 Å². The Bertz CT molecular complexity index is 521. The first-order valence-electron chi connectivity index (χ1n) is 9.87. The zero-order chi connectivity index (χ0) is 21.6. The van der Waals surface area contributed by atoms with Crippen molar-refractivity contribution in [3.63, 3.8) is 0 Å². The van der Waals surface area contributed by atoms with Crippen LogP contribution in [0.1, 0.15) is 0 Å². The van der Waals surface area contributed by atoms with Crippen LogP contribution in [0.2, 0.25) is 0 Å². The molecule has 1 saturated heterocycles. The first kappa shape index (κ1) is 25.1. The van der Waals surface area contributed by atoms with Crippen LogP contribution in [0.25, 0.3) is 0 Å². The molecule has 0 bridgehead atoms. The number of hydrogen-bond donors (Lipinski definition) is 4. The van der Waals surface area contributed by atoms with Gasteiger partial charge in [0.15, 0.2) is 0 Å². The summed E-state index contributed by atoms with van der Waals surface area (Å²) in [5, 5.41) is 24.0. The summed E-state index contributed by atoms with van der Waals surface area (Å²) in [7, 11) is 3.82. The Morgan fingerprint density at radius 3 is 2.03 bits per heavy atom. The van der Waals surface area contributed by atoms with E-state index in [0.29, 0.717) is 58.9 Å². The van der Waals surface area contributed by atoms with Crippen molar-refractivity contribution in [1.82, 2.24) is 30.2 Å². The number of likely N-dealkylation sites (N-methyl/N-ethyl adjacent to an activating group) is 2. The van der Waals surface area contributed by atoms with Crippen molar-refractivity contribution in [2.24, 2.45) is 0 Å². The minimum atomic E-state index is -0.876. The largest absolute Gasteiger partial charge is 0.480 e. The highest BCUT2D eigenvalue weighted by Gasteiger charge is 2.19. The average Bonchev–Trinajstić information content (AvgIpc) is 2.67. The summed E-state index contributed by atoms with van der Waals surface area (Å²) in [6.45, 7) is 10.0. The van der Waals surface area contributed by atoms with Gasteiger partial charge in [-0.2, -0.15) is 0 Å². The smallest absolute Gasteiger partial charge is 0.317 e. The molecule has 1 fully saturated rings. The molecule has 0 unspecified atom stereocenters. The molecule has 1 aliphatic rings. The third-order valence-corrected chi connectivity index (χ3v) is 4.85. The molecule has 0 aromatic carbocycles. The van der Waals surface area contributed by atoms with Crippen LogP contribution in [0, 0.1) is 0 Å². The van der Waals surface area contributed by atoms with Gasteiger partial charge in [-0.05, 0) is 20.7 Å². The third-order valence-electron chi connectivity index (χ3n) is 4.85. The van der Waals surface area contributed by atoms with Crippen LogP contribution in [0.3, 0.4) is 0 Å². The predicted molar refractivity (Wildman–Crippen MR) is 109 cm³/mol. The molecule has 0 aliphatic carbocycles. The molecule has 1 aliphatic heterocycles. The van der Waals surface area contributed by atoms with Gasteiger partial charge in [-0.25, -0.2) is 5.26 Å². The van der Waals surface area contributed by atoms with Crippen molar-refractivity contribution in [2.45, 2.75) is 0 Å². The number of nitrogens with one attached hydrogen (secondary N) is 2. The molecule has 11 heteroatoms. The molecular weight excluding hydrogens is 380 g/mol. The molecule has 0 saturated carbocycles. The fourth-order valence-corrected chi connectivity index (χ4v) is 3.00. The highest BCUT2D eigenvalue weighted by molar-refractivity contribution is 5.78. The number of amides is 1. The van der Waals surface area contributed by atoms with Gasteiger partial charge in [0.1, 0.15) is 0 Å². The number of rotatable bonds is 9. The molecule has 1 heterocycles. The zero-order valence-corrected chi connectivity index (χ0v) is 17.6. The van der Waals surface area contributed by atoms with E-state index in [1.165, 1.54) is 0 Å². The van der Waals surface area contributed by atoms with Crippen LogP contribution in [0.5, 0.6) is 0 Å². The van der Waals surface area contributed by atoms with Gasteiger partial charge >= 0.3 is 5.97 Å². The Morgan fingerprint density at radius 2 is 1.52 bits per heavy atom. The van der Waals surface area contributed by atoms with E-state index in [4.69, 9.17) is 10.4 Å². The maximum atomic E-state index is 12.2. The molecule has 0 spiro atoms. The van der Waals surface area contributed by atoms with Crippen molar-refractivity contribution < 1.29 is 24.8 Å². The lowest BCUT2D eigenvalue weighted by atomic mass is 10.3. The Hall–Kier alpha value is -1.92. The Balaban J connectivity index is 2.75. The Morgan fingerprint density at radius 1 is 0.966 bits per heavy atom. The van der Waals surface area contributed by atoms with E-state index in [2.05, 4.69) is 31.9 Å². The third kappa shape index (κ3) is 11.0. The van der Waals surface area contributed by atoms with Gasteiger partial charge in [0.25, 0.3) is 0 Å². The van der Waals surface area contributed by atoms with E-state index < -0.39 is 5.97 Å². The van der Waals surface area contributed by atoms with Crippen molar-refractivity contribution in [3.05, 3.63) is 12.5 Å². The second kappa shape index (κ2) is 14.1. The summed E-state index contributed by atoms with van der Waals surface area (Å²) in [5.41, 5.74) is 0. The first-order valence-corrected chi connectivity index (χ1v) is 9.87. The summed E-state index contributed by atoms with van der Waals surface area (Å²) in [4.78, 5) is 35.5. The molecular formula is C18H36N6O5. The van der Waals surface area contributed by atoms with E-state index in [1.807, 2.05) is 19.0 Å². The van der Waals surface area contributed by atoms with E-state index in [0.717, 1.165) is 6.54 Å². The van der Waals surface area contributed by atoms with Crippen LogP contribution in [-0.2, 0) is 14.5 Å². The SMILES string of the molecule is C=C(OO)N1CCN(CC(=O)O)CCN(C)CCN(CC(=O)NCCNC)CC1. The van der Waals surface area contributed by atoms with E-state index in [-0.39, 0.29) is 24.9 Å². The molecule has 0 aromatic rings. The fraction of sp³-hybridized carbons (Fsp3) is 0.778. The summed E-state index contributed by atoms with van der Waals surface area (Å²) >= 11 is 0. The van der Waals surface area contributed by atoms with Gasteiger partial charge in [0.2, 0.25) is 11.8 Å². The van der Waals surface area contributed by atoms with Crippen molar-refractivity contribution >= 4 is 11.9 Å². The average molecular weight is 417 g/mol. The van der Waals surface area contributed by atoms with Gasteiger partial charge in [0, 0.05) is 65.4 Å². The Labute approximate surface area is 172 Å². The van der Waals surface area contributed by atoms with Gasteiger partial charge < -0.3 is 30.4 Å². The summed E-state index contributed by atoms with van der Waals surface area (Å²) in [6, 6.07) is 0. The minimum Gasteiger partial charge on any atom is -0.480 e. The van der Waals surface area contributed by atoms with Crippen LogP contribution in [-0.4, -0.2) is 134 Å². The van der Waals surface area contributed by atoms with Gasteiger partial charge in [-0.1, -0.05) is 0 Å². The van der Waals surface area contributed by atoms with Crippen molar-refractivity contribution in [1.29, 1.82) is 0 Å². The lowest BCUT2D eigenvalue weighted by Crippen LogP contribution is -2.48. The maximum Gasteiger partial charge on any atom is 0.317 e. The molecule has 29 heavy (non-hydrogen) atoms. The summed E-state index contributed by atoms with van der Waals surface area (Å²) in [6.07, 6.45) is 0. The number of aliphatic carboxylic acids is 1. The molecule has 11 nitrogen and oxygen atoms in total. The predicted octanol–water partition coefficient (Wildman–Crippen LogP) is -1.78. The number of carboxylic acid groups (broad SMARTS) is 1. The molecule has 1 amide bonds. The highest BCUT2D eigenvalue weighted by atomic mass is 17.1. The van der Waals surface area contributed by atoms with Crippen LogP contribution in [0.4, 0.5) is 0 Å². The monoisotopic (exact) mass is 416 g/mol. The normalized spacial score (nSPS) is 18.5. The molecule has 1 rings (SSSR count). The van der Waals surface area contributed by atoms with Crippen LogP contribution in [0.15, 0.2) is 12.5 Å². The Kier molecular flexibility index (Phi) is 12.2. The highest BCUT2D eigenvalue weighted by Crippen LogP contribution is 2.05. The maximum absolute atomic E-state index is 12.2. The fourth-order valence-electron chi connectivity index (χ4n) is 3.00. The quantitative estimate of drug-likeness (QED) is 0.149. The zero-order valence-electron chi connectivity index (χ0n) is 17.6. The van der Waals surface area contributed by atoms with Crippen molar-refractivity contribution in [3.8, 4) is 0 Å². The lowest BCUT2D eigenvalue weighted by Gasteiger charge is -2.33. The van der Waals surface area contributed by atoms with Crippen LogP contribution >= 0.6 is 0 Å². The van der Waals surface area contributed by atoms with E-state index in [9.17, 15) is 9.59 Å². The minimum absolute atomic E-state index is 0.0357. The summed E-state index contributed by atoms with van der Waals surface area (Å²) < 4.78 is 0. The molecule has 0 radical (unpaired) electrons.